The van der Waals surface area contributed by atoms with Crippen LogP contribution in [0.25, 0.3) is 0 Å². The molecule has 1 aromatic rings. The molecule has 1 aromatic carbocycles. The summed E-state index contributed by atoms with van der Waals surface area (Å²) in [5.41, 5.74) is 1.94. The molecule has 74 valence electrons. The van der Waals surface area contributed by atoms with E-state index in [0.29, 0.717) is 13.1 Å². The minimum atomic E-state index is -0.584. The third kappa shape index (κ3) is 1.18. The lowest BCUT2D eigenvalue weighted by Gasteiger charge is -2.39. The highest BCUT2D eigenvalue weighted by Gasteiger charge is 2.40. The highest BCUT2D eigenvalue weighted by atomic mass is 16.3. The lowest BCUT2D eigenvalue weighted by molar-refractivity contribution is -0.0154. The number of aliphatic hydroxyl groups is 1. The van der Waals surface area contributed by atoms with Gasteiger partial charge in [-0.25, -0.2) is 0 Å². The van der Waals surface area contributed by atoms with Crippen molar-refractivity contribution in [1.82, 2.24) is 5.32 Å². The average Bonchev–Trinajstić information content (AvgIpc) is 2.97. The first-order valence-electron chi connectivity index (χ1n) is 5.32. The van der Waals surface area contributed by atoms with Gasteiger partial charge in [0.15, 0.2) is 0 Å². The van der Waals surface area contributed by atoms with E-state index in [1.807, 2.05) is 6.07 Å². The average molecular weight is 189 g/mol. The van der Waals surface area contributed by atoms with E-state index in [0.717, 1.165) is 11.5 Å². The summed E-state index contributed by atoms with van der Waals surface area (Å²) >= 11 is 0. The van der Waals surface area contributed by atoms with Gasteiger partial charge in [0.2, 0.25) is 0 Å². The Morgan fingerprint density at radius 3 is 2.50 bits per heavy atom. The molecular formula is C12H15NO. The fourth-order valence-corrected chi connectivity index (χ4v) is 2.22. The number of benzene rings is 1. The maximum atomic E-state index is 10.3. The van der Waals surface area contributed by atoms with Crippen LogP contribution in [0.3, 0.4) is 0 Å². The van der Waals surface area contributed by atoms with Gasteiger partial charge in [0, 0.05) is 13.1 Å². The fourth-order valence-electron chi connectivity index (χ4n) is 2.22. The fraction of sp³-hybridized carbons (Fsp3) is 0.500. The zero-order valence-electron chi connectivity index (χ0n) is 8.16. The monoisotopic (exact) mass is 189 g/mol. The van der Waals surface area contributed by atoms with Crippen molar-refractivity contribution < 1.29 is 5.11 Å². The molecule has 0 bridgehead atoms. The van der Waals surface area contributed by atoms with Crippen molar-refractivity contribution in [2.75, 3.05) is 13.1 Å². The smallest absolute Gasteiger partial charge is 0.115 e. The van der Waals surface area contributed by atoms with E-state index in [2.05, 4.69) is 23.5 Å². The zero-order valence-corrected chi connectivity index (χ0v) is 8.16. The molecule has 0 radical (unpaired) electrons. The molecular weight excluding hydrogens is 174 g/mol. The summed E-state index contributed by atoms with van der Waals surface area (Å²) in [4.78, 5) is 0. The molecule has 1 aliphatic heterocycles. The molecule has 1 aliphatic carbocycles. The first-order chi connectivity index (χ1) is 6.80. The first-order valence-corrected chi connectivity index (χ1v) is 5.32. The molecule has 0 unspecified atom stereocenters. The molecule has 3 rings (SSSR count). The Hall–Kier alpha value is -0.860. The highest BCUT2D eigenvalue weighted by Crippen LogP contribution is 2.44. The van der Waals surface area contributed by atoms with Crippen LogP contribution in [0.5, 0.6) is 0 Å². The van der Waals surface area contributed by atoms with Crippen molar-refractivity contribution >= 4 is 0 Å². The second-order valence-electron chi connectivity index (χ2n) is 4.50. The van der Waals surface area contributed by atoms with E-state index < -0.39 is 5.60 Å². The van der Waals surface area contributed by atoms with Crippen molar-refractivity contribution in [3.63, 3.8) is 0 Å². The summed E-state index contributed by atoms with van der Waals surface area (Å²) in [6.45, 7) is 1.41. The molecule has 1 heterocycles. The van der Waals surface area contributed by atoms with Crippen LogP contribution in [0.2, 0.25) is 0 Å². The third-order valence-corrected chi connectivity index (χ3v) is 3.31. The van der Waals surface area contributed by atoms with E-state index in [-0.39, 0.29) is 0 Å². The van der Waals surface area contributed by atoms with Crippen molar-refractivity contribution in [3.05, 3.63) is 35.4 Å². The largest absolute Gasteiger partial charge is 0.382 e. The van der Waals surface area contributed by atoms with E-state index in [9.17, 15) is 5.11 Å². The second-order valence-corrected chi connectivity index (χ2v) is 4.50. The van der Waals surface area contributed by atoms with Crippen LogP contribution in [0, 0.1) is 0 Å². The summed E-state index contributed by atoms with van der Waals surface area (Å²) < 4.78 is 0. The number of rotatable bonds is 2. The summed E-state index contributed by atoms with van der Waals surface area (Å²) in [6.07, 6.45) is 2.58. The molecule has 0 amide bonds. The van der Waals surface area contributed by atoms with Gasteiger partial charge in [-0.15, -0.1) is 0 Å². The lowest BCUT2D eigenvalue weighted by Crippen LogP contribution is -2.57. The molecule has 2 fully saturated rings. The maximum Gasteiger partial charge on any atom is 0.115 e. The highest BCUT2D eigenvalue weighted by molar-refractivity contribution is 5.39. The zero-order chi connectivity index (χ0) is 9.60. The van der Waals surface area contributed by atoms with E-state index in [4.69, 9.17) is 0 Å². The number of nitrogens with one attached hydrogen (secondary N) is 1. The number of hydrogen-bond donors (Lipinski definition) is 2. The SMILES string of the molecule is OC1(c2ccccc2C2CC2)CNC1. The Labute approximate surface area is 84.0 Å². The van der Waals surface area contributed by atoms with Crippen LogP contribution in [0.15, 0.2) is 24.3 Å². The van der Waals surface area contributed by atoms with Gasteiger partial charge < -0.3 is 10.4 Å². The van der Waals surface area contributed by atoms with Gasteiger partial charge in [-0.05, 0) is 29.9 Å². The predicted molar refractivity (Wildman–Crippen MR) is 55.2 cm³/mol. The van der Waals surface area contributed by atoms with Crippen LogP contribution in [-0.2, 0) is 5.60 Å². The van der Waals surface area contributed by atoms with Gasteiger partial charge >= 0.3 is 0 Å². The van der Waals surface area contributed by atoms with Crippen molar-refractivity contribution in [2.45, 2.75) is 24.4 Å². The minimum Gasteiger partial charge on any atom is -0.382 e. The second kappa shape index (κ2) is 2.81. The summed E-state index contributed by atoms with van der Waals surface area (Å²) in [5, 5.41) is 13.4. The van der Waals surface area contributed by atoms with E-state index in [1.165, 1.54) is 18.4 Å². The van der Waals surface area contributed by atoms with Gasteiger partial charge in [0.05, 0.1) is 0 Å². The molecule has 2 heteroatoms. The predicted octanol–water partition coefficient (Wildman–Crippen LogP) is 1.35. The summed E-state index contributed by atoms with van der Waals surface area (Å²) in [6, 6.07) is 8.35. The molecule has 0 spiro atoms. The quantitative estimate of drug-likeness (QED) is 0.736. The Balaban J connectivity index is 2.02. The first kappa shape index (κ1) is 8.45. The summed E-state index contributed by atoms with van der Waals surface area (Å²) in [7, 11) is 0. The van der Waals surface area contributed by atoms with Gasteiger partial charge in [0.1, 0.15) is 5.60 Å². The van der Waals surface area contributed by atoms with Gasteiger partial charge in [-0.3, -0.25) is 0 Å². The van der Waals surface area contributed by atoms with Crippen LogP contribution in [0.4, 0.5) is 0 Å². The Morgan fingerprint density at radius 1 is 1.21 bits per heavy atom. The number of hydrogen-bond acceptors (Lipinski definition) is 2. The molecule has 1 saturated heterocycles. The van der Waals surface area contributed by atoms with Crippen molar-refractivity contribution in [3.8, 4) is 0 Å². The molecule has 0 aromatic heterocycles. The lowest BCUT2D eigenvalue weighted by atomic mass is 9.84. The molecule has 2 N–H and O–H groups in total. The normalized spacial score (nSPS) is 24.4. The molecule has 14 heavy (non-hydrogen) atoms. The standard InChI is InChI=1S/C12H15NO/c14-12(7-13-8-12)11-4-2-1-3-10(11)9-5-6-9/h1-4,9,13-14H,5-8H2. The Bertz CT molecular complexity index is 353. The van der Waals surface area contributed by atoms with E-state index >= 15 is 0 Å². The maximum absolute atomic E-state index is 10.3. The van der Waals surface area contributed by atoms with Crippen molar-refractivity contribution in [2.24, 2.45) is 0 Å². The van der Waals surface area contributed by atoms with Gasteiger partial charge in [0.25, 0.3) is 0 Å². The Morgan fingerprint density at radius 2 is 1.93 bits per heavy atom. The van der Waals surface area contributed by atoms with Gasteiger partial charge in [-0.1, -0.05) is 24.3 Å². The molecule has 0 atom stereocenters. The minimum absolute atomic E-state index is 0.584. The van der Waals surface area contributed by atoms with Gasteiger partial charge in [-0.2, -0.15) is 0 Å². The van der Waals surface area contributed by atoms with Crippen molar-refractivity contribution in [1.29, 1.82) is 0 Å². The molecule has 2 aliphatic rings. The topological polar surface area (TPSA) is 32.3 Å². The summed E-state index contributed by atoms with van der Waals surface area (Å²) in [5.74, 6) is 0.718. The Kier molecular flexibility index (Phi) is 1.70. The van der Waals surface area contributed by atoms with Crippen LogP contribution < -0.4 is 5.32 Å². The number of β-amino-alcohol motifs (C(OH)–C–C–N with tert-alkyl or cyclic N) is 1. The molecule has 1 saturated carbocycles. The molecule has 2 nitrogen and oxygen atoms in total. The van der Waals surface area contributed by atoms with E-state index in [1.54, 1.807) is 0 Å². The van der Waals surface area contributed by atoms with Crippen LogP contribution in [-0.4, -0.2) is 18.2 Å². The van der Waals surface area contributed by atoms with Crippen LogP contribution >= 0.6 is 0 Å². The van der Waals surface area contributed by atoms with Crippen LogP contribution in [0.1, 0.15) is 29.9 Å². The third-order valence-electron chi connectivity index (χ3n) is 3.31.